The van der Waals surface area contributed by atoms with Gasteiger partial charge in [-0.1, -0.05) is 0 Å². The van der Waals surface area contributed by atoms with E-state index in [0.717, 1.165) is 6.61 Å². The fourth-order valence-electron chi connectivity index (χ4n) is 1.61. The third kappa shape index (κ3) is 3.65. The summed E-state index contributed by atoms with van der Waals surface area (Å²) in [5, 5.41) is -0.0975. The van der Waals surface area contributed by atoms with Gasteiger partial charge in [-0.05, 0) is 30.9 Å². The molecule has 19 heavy (non-hydrogen) atoms. The Balaban J connectivity index is 1.92. The maximum Gasteiger partial charge on any atom is 0.262 e. The first-order chi connectivity index (χ1) is 9.01. The lowest BCUT2D eigenvalue weighted by Gasteiger charge is -2.17. The van der Waals surface area contributed by atoms with Crippen molar-refractivity contribution < 1.29 is 13.2 Å². The highest BCUT2D eigenvalue weighted by Crippen LogP contribution is 2.28. The van der Waals surface area contributed by atoms with Crippen LogP contribution in [0.4, 0.5) is 5.69 Å². The molecule has 0 spiro atoms. The number of likely N-dealkylation sites (N-methyl/N-ethyl adjacent to an activating group) is 1. The van der Waals surface area contributed by atoms with Crippen LogP contribution in [0.15, 0.2) is 23.4 Å². The molecule has 6 nitrogen and oxygen atoms in total. The molecule has 1 aliphatic rings. The van der Waals surface area contributed by atoms with Crippen LogP contribution < -0.4 is 5.73 Å². The van der Waals surface area contributed by atoms with Gasteiger partial charge in [0, 0.05) is 26.4 Å². The number of nitrogen functional groups attached to an aromatic ring is 1. The van der Waals surface area contributed by atoms with E-state index in [4.69, 9.17) is 10.5 Å². The van der Waals surface area contributed by atoms with Crippen LogP contribution in [0.2, 0.25) is 0 Å². The van der Waals surface area contributed by atoms with E-state index in [9.17, 15) is 8.42 Å². The van der Waals surface area contributed by atoms with E-state index in [0.29, 0.717) is 19.1 Å². The molecule has 0 radical (unpaired) electrons. The molecule has 1 aromatic rings. The normalized spacial score (nSPS) is 15.9. The van der Waals surface area contributed by atoms with Crippen LogP contribution in [-0.4, -0.2) is 44.5 Å². The van der Waals surface area contributed by atoms with Gasteiger partial charge < -0.3 is 10.5 Å². The van der Waals surface area contributed by atoms with Crippen molar-refractivity contribution in [1.82, 2.24) is 9.29 Å². The van der Waals surface area contributed by atoms with E-state index >= 15 is 0 Å². The predicted octanol–water partition coefficient (Wildman–Crippen LogP) is 0.711. The Morgan fingerprint density at radius 2 is 2.26 bits per heavy atom. The molecule has 1 heterocycles. The first-order valence-electron chi connectivity index (χ1n) is 6.26. The van der Waals surface area contributed by atoms with Gasteiger partial charge in [0.1, 0.15) is 0 Å². The summed E-state index contributed by atoms with van der Waals surface area (Å²) < 4.78 is 31.1. The Morgan fingerprint density at radius 1 is 1.53 bits per heavy atom. The van der Waals surface area contributed by atoms with Crippen molar-refractivity contribution in [2.45, 2.75) is 17.9 Å². The lowest BCUT2D eigenvalue weighted by Crippen LogP contribution is -2.31. The van der Waals surface area contributed by atoms with Crippen LogP contribution >= 0.6 is 0 Å². The average Bonchev–Trinajstić information content (AvgIpc) is 3.18. The Hall–Kier alpha value is -1.18. The zero-order valence-electron chi connectivity index (χ0n) is 10.9. The quantitative estimate of drug-likeness (QED) is 0.746. The third-order valence-corrected chi connectivity index (χ3v) is 4.89. The van der Waals surface area contributed by atoms with Gasteiger partial charge in [0.25, 0.3) is 10.0 Å². The zero-order chi connectivity index (χ0) is 13.9. The van der Waals surface area contributed by atoms with Gasteiger partial charge >= 0.3 is 0 Å². The summed E-state index contributed by atoms with van der Waals surface area (Å²) in [6.07, 6.45) is 3.86. The van der Waals surface area contributed by atoms with Crippen LogP contribution in [0.3, 0.4) is 0 Å². The number of pyridine rings is 1. The Morgan fingerprint density at radius 3 is 2.89 bits per heavy atom. The molecule has 1 saturated carbocycles. The average molecular weight is 285 g/mol. The number of ether oxygens (including phenoxy) is 1. The summed E-state index contributed by atoms with van der Waals surface area (Å²) in [6.45, 7) is 1.41. The summed E-state index contributed by atoms with van der Waals surface area (Å²) in [5.41, 5.74) is 5.81. The second kappa shape index (κ2) is 5.85. The first kappa shape index (κ1) is 14.2. The Labute approximate surface area is 113 Å². The third-order valence-electron chi connectivity index (χ3n) is 3.06. The van der Waals surface area contributed by atoms with Crippen molar-refractivity contribution in [3.05, 3.63) is 18.3 Å². The number of hydrogen-bond acceptors (Lipinski definition) is 5. The molecule has 1 aliphatic carbocycles. The van der Waals surface area contributed by atoms with Gasteiger partial charge in [-0.15, -0.1) is 0 Å². The molecule has 0 amide bonds. The van der Waals surface area contributed by atoms with Crippen molar-refractivity contribution in [2.75, 3.05) is 32.5 Å². The first-order valence-corrected chi connectivity index (χ1v) is 7.70. The molecule has 1 aromatic heterocycles. The smallest absolute Gasteiger partial charge is 0.262 e. The van der Waals surface area contributed by atoms with Crippen molar-refractivity contribution in [3.8, 4) is 0 Å². The number of hydrogen-bond donors (Lipinski definition) is 1. The lowest BCUT2D eigenvalue weighted by molar-refractivity contribution is 0.117. The highest BCUT2D eigenvalue weighted by Gasteiger charge is 2.25. The topological polar surface area (TPSA) is 85.5 Å². The summed E-state index contributed by atoms with van der Waals surface area (Å²) in [5.74, 6) is 0.674. The number of rotatable bonds is 7. The van der Waals surface area contributed by atoms with E-state index in [1.165, 1.54) is 36.5 Å². The van der Waals surface area contributed by atoms with Gasteiger partial charge in [0.15, 0.2) is 5.03 Å². The SMILES string of the molecule is CN(CCOCC1CC1)S(=O)(=O)c1ncccc1N. The molecule has 2 N–H and O–H groups in total. The summed E-state index contributed by atoms with van der Waals surface area (Å²) in [7, 11) is -2.13. The van der Waals surface area contributed by atoms with Crippen molar-refractivity contribution >= 4 is 15.7 Å². The van der Waals surface area contributed by atoms with Crippen LogP contribution in [0.1, 0.15) is 12.8 Å². The number of sulfonamides is 1. The molecule has 0 unspecified atom stereocenters. The predicted molar refractivity (Wildman–Crippen MR) is 72.0 cm³/mol. The standard InChI is InChI=1S/C12H19N3O3S/c1-15(7-8-18-9-10-4-5-10)19(16,17)12-11(13)3-2-6-14-12/h2-3,6,10H,4-5,7-9,13H2,1H3. The molecule has 1 fully saturated rings. The minimum atomic E-state index is -3.64. The minimum Gasteiger partial charge on any atom is -0.396 e. The van der Waals surface area contributed by atoms with Crippen LogP contribution in [0.25, 0.3) is 0 Å². The summed E-state index contributed by atoms with van der Waals surface area (Å²) in [6, 6.07) is 3.13. The minimum absolute atomic E-state index is 0.0975. The molecular weight excluding hydrogens is 266 g/mol. The van der Waals surface area contributed by atoms with Gasteiger partial charge in [-0.25, -0.2) is 13.4 Å². The fourth-order valence-corrected chi connectivity index (χ4v) is 2.78. The fraction of sp³-hybridized carbons (Fsp3) is 0.583. The highest BCUT2D eigenvalue weighted by molar-refractivity contribution is 7.89. The molecule has 0 bridgehead atoms. The number of anilines is 1. The molecule has 0 aromatic carbocycles. The largest absolute Gasteiger partial charge is 0.396 e. The van der Waals surface area contributed by atoms with Crippen molar-refractivity contribution in [3.63, 3.8) is 0 Å². The molecule has 0 saturated heterocycles. The second-order valence-corrected chi connectivity index (χ2v) is 6.70. The van der Waals surface area contributed by atoms with Crippen LogP contribution in [-0.2, 0) is 14.8 Å². The van der Waals surface area contributed by atoms with E-state index in [2.05, 4.69) is 4.98 Å². The van der Waals surface area contributed by atoms with Crippen LogP contribution in [0.5, 0.6) is 0 Å². The van der Waals surface area contributed by atoms with E-state index < -0.39 is 10.0 Å². The number of aromatic nitrogens is 1. The number of nitrogens with zero attached hydrogens (tertiary/aromatic N) is 2. The van der Waals surface area contributed by atoms with Gasteiger partial charge in [0.2, 0.25) is 0 Å². The molecule has 106 valence electrons. The maximum atomic E-state index is 12.2. The van der Waals surface area contributed by atoms with Gasteiger partial charge in [0.05, 0.1) is 12.3 Å². The maximum absolute atomic E-state index is 12.2. The highest BCUT2D eigenvalue weighted by atomic mass is 32.2. The van der Waals surface area contributed by atoms with Gasteiger partial charge in [-0.2, -0.15) is 4.31 Å². The summed E-state index contributed by atoms with van der Waals surface area (Å²) in [4.78, 5) is 3.84. The van der Waals surface area contributed by atoms with Crippen LogP contribution in [0, 0.1) is 5.92 Å². The second-order valence-electron chi connectivity index (χ2n) is 4.74. The van der Waals surface area contributed by atoms with Gasteiger partial charge in [-0.3, -0.25) is 0 Å². The lowest BCUT2D eigenvalue weighted by atomic mass is 10.4. The molecule has 0 atom stereocenters. The van der Waals surface area contributed by atoms with E-state index in [1.54, 1.807) is 6.07 Å². The number of nitrogens with two attached hydrogens (primary N) is 1. The van der Waals surface area contributed by atoms with E-state index in [-0.39, 0.29) is 10.7 Å². The zero-order valence-corrected chi connectivity index (χ0v) is 11.8. The molecular formula is C12H19N3O3S. The monoisotopic (exact) mass is 285 g/mol. The van der Waals surface area contributed by atoms with E-state index in [1.807, 2.05) is 0 Å². The Bertz CT molecular complexity index is 529. The molecule has 2 rings (SSSR count). The summed E-state index contributed by atoms with van der Waals surface area (Å²) >= 11 is 0. The molecule has 0 aliphatic heterocycles. The van der Waals surface area contributed by atoms with Crippen molar-refractivity contribution in [1.29, 1.82) is 0 Å². The molecule has 7 heteroatoms. The Kier molecular flexibility index (Phi) is 4.38. The van der Waals surface area contributed by atoms with Crippen molar-refractivity contribution in [2.24, 2.45) is 5.92 Å².